The molecule has 0 aromatic carbocycles. The second kappa shape index (κ2) is 5.77. The van der Waals surface area contributed by atoms with Gasteiger partial charge in [0, 0.05) is 24.9 Å². The molecule has 84 valence electrons. The number of nitrogens with two attached hydrogens (primary N) is 1. The fraction of sp³-hybridized carbons (Fsp3) is 0.750. The number of hydrogen-bond donors (Lipinski definition) is 2. The number of hydrogen-bond acceptors (Lipinski definition) is 2. The Bertz CT molecular complexity index is 249. The summed E-state index contributed by atoms with van der Waals surface area (Å²) in [5.41, 5.74) is 5.90. The van der Waals surface area contributed by atoms with Crippen LogP contribution in [0.25, 0.3) is 0 Å². The molecule has 0 spiro atoms. The Kier molecular flexibility index (Phi) is 4.64. The molecule has 0 aromatic rings. The summed E-state index contributed by atoms with van der Waals surface area (Å²) in [7, 11) is 0. The van der Waals surface area contributed by atoms with Gasteiger partial charge in [0.05, 0.1) is 0 Å². The zero-order valence-corrected chi connectivity index (χ0v) is 9.22. The third kappa shape index (κ3) is 4.35. The van der Waals surface area contributed by atoms with Crippen LogP contribution in [0.4, 0.5) is 0 Å². The molecule has 1 aliphatic rings. The molecule has 0 unspecified atom stereocenters. The van der Waals surface area contributed by atoms with E-state index in [9.17, 15) is 4.79 Å². The summed E-state index contributed by atoms with van der Waals surface area (Å²) >= 11 is 0. The first-order valence-corrected chi connectivity index (χ1v) is 5.65. The van der Waals surface area contributed by atoms with Crippen molar-refractivity contribution in [3.05, 3.63) is 0 Å². The Morgan fingerprint density at radius 1 is 1.40 bits per heavy atom. The third-order valence-corrected chi connectivity index (χ3v) is 2.95. The molecule has 15 heavy (non-hydrogen) atoms. The lowest BCUT2D eigenvalue weighted by molar-refractivity contribution is -0.122. The quantitative estimate of drug-likeness (QED) is 0.538. The van der Waals surface area contributed by atoms with Crippen molar-refractivity contribution in [3.8, 4) is 12.3 Å². The van der Waals surface area contributed by atoms with Gasteiger partial charge in [0.1, 0.15) is 0 Å². The average Bonchev–Trinajstić information content (AvgIpc) is 2.18. The van der Waals surface area contributed by atoms with E-state index in [1.54, 1.807) is 0 Å². The van der Waals surface area contributed by atoms with Gasteiger partial charge >= 0.3 is 0 Å². The van der Waals surface area contributed by atoms with Crippen LogP contribution < -0.4 is 11.1 Å². The van der Waals surface area contributed by atoms with Crippen LogP contribution >= 0.6 is 0 Å². The zero-order valence-electron chi connectivity index (χ0n) is 9.22. The Hall–Kier alpha value is -1.01. The maximum absolute atomic E-state index is 11.5. The summed E-state index contributed by atoms with van der Waals surface area (Å²) in [4.78, 5) is 11.5. The van der Waals surface area contributed by atoms with Gasteiger partial charge in [0.2, 0.25) is 5.91 Å². The first kappa shape index (κ1) is 12.1. The van der Waals surface area contributed by atoms with E-state index in [1.807, 2.05) is 0 Å². The van der Waals surface area contributed by atoms with E-state index >= 15 is 0 Å². The summed E-state index contributed by atoms with van der Waals surface area (Å²) in [6.45, 7) is 0.561. The Labute approximate surface area is 91.8 Å². The smallest absolute Gasteiger partial charge is 0.221 e. The molecule has 1 amide bonds. The van der Waals surface area contributed by atoms with E-state index in [0.717, 1.165) is 25.7 Å². The van der Waals surface area contributed by atoms with Crippen LogP contribution in [-0.2, 0) is 4.79 Å². The molecule has 0 aliphatic heterocycles. The van der Waals surface area contributed by atoms with Crippen molar-refractivity contribution in [2.24, 2.45) is 5.73 Å². The summed E-state index contributed by atoms with van der Waals surface area (Å²) in [5, 5.41) is 2.79. The van der Waals surface area contributed by atoms with Gasteiger partial charge in [0.25, 0.3) is 0 Å². The summed E-state index contributed by atoms with van der Waals surface area (Å²) in [6.07, 6.45) is 11.6. The van der Waals surface area contributed by atoms with Crippen LogP contribution in [-0.4, -0.2) is 18.0 Å². The molecule has 1 aliphatic carbocycles. The monoisotopic (exact) mass is 208 g/mol. The Morgan fingerprint density at radius 2 is 2.07 bits per heavy atom. The van der Waals surface area contributed by atoms with Crippen molar-refractivity contribution < 1.29 is 4.79 Å². The highest BCUT2D eigenvalue weighted by molar-refractivity contribution is 5.77. The highest BCUT2D eigenvalue weighted by Gasteiger charge is 2.29. The molecule has 3 nitrogen and oxygen atoms in total. The van der Waals surface area contributed by atoms with Crippen molar-refractivity contribution in [3.63, 3.8) is 0 Å². The lowest BCUT2D eigenvalue weighted by Crippen LogP contribution is -2.46. The van der Waals surface area contributed by atoms with E-state index in [1.165, 1.54) is 6.42 Å². The van der Waals surface area contributed by atoms with Crippen LogP contribution in [0, 0.1) is 12.3 Å². The topological polar surface area (TPSA) is 55.1 Å². The zero-order chi connectivity index (χ0) is 11.1. The summed E-state index contributed by atoms with van der Waals surface area (Å²) in [6, 6.07) is 0. The van der Waals surface area contributed by atoms with Crippen molar-refractivity contribution >= 4 is 5.91 Å². The van der Waals surface area contributed by atoms with Crippen molar-refractivity contribution in [2.75, 3.05) is 6.54 Å². The molecule has 0 aromatic heterocycles. The summed E-state index contributed by atoms with van der Waals surface area (Å²) in [5.74, 6) is 2.53. The van der Waals surface area contributed by atoms with Crippen LogP contribution in [0.1, 0.15) is 44.9 Å². The molecular formula is C12H20N2O. The van der Waals surface area contributed by atoms with Crippen LogP contribution in [0.3, 0.4) is 0 Å². The second-order valence-electron chi connectivity index (χ2n) is 4.40. The van der Waals surface area contributed by atoms with Gasteiger partial charge in [-0.3, -0.25) is 4.79 Å². The minimum atomic E-state index is -0.265. The number of carbonyl (C=O) groups is 1. The normalized spacial score (nSPS) is 19.2. The lowest BCUT2D eigenvalue weighted by atomic mass is 9.80. The Morgan fingerprint density at radius 3 is 2.67 bits per heavy atom. The fourth-order valence-electron chi connectivity index (χ4n) is 2.09. The molecule has 3 heteroatoms. The standard InChI is InChI=1S/C12H20N2O/c1-2-3-9-14-11(15)10-12(13)7-5-4-6-8-12/h1H,3-10,13H2,(H,14,15). The van der Waals surface area contributed by atoms with E-state index in [-0.39, 0.29) is 11.4 Å². The van der Waals surface area contributed by atoms with Gasteiger partial charge in [-0.05, 0) is 12.8 Å². The van der Waals surface area contributed by atoms with E-state index in [0.29, 0.717) is 19.4 Å². The number of carbonyl (C=O) groups excluding carboxylic acids is 1. The average molecular weight is 208 g/mol. The fourth-order valence-corrected chi connectivity index (χ4v) is 2.09. The van der Waals surface area contributed by atoms with Gasteiger partial charge in [-0.1, -0.05) is 19.3 Å². The summed E-state index contributed by atoms with van der Waals surface area (Å²) < 4.78 is 0. The minimum Gasteiger partial charge on any atom is -0.355 e. The minimum absolute atomic E-state index is 0.0367. The van der Waals surface area contributed by atoms with Gasteiger partial charge in [-0.2, -0.15) is 0 Å². The predicted molar refractivity (Wildman–Crippen MR) is 61.1 cm³/mol. The SMILES string of the molecule is C#CCCNC(=O)CC1(N)CCCCC1. The van der Waals surface area contributed by atoms with Crippen molar-refractivity contribution in [2.45, 2.75) is 50.5 Å². The molecule has 1 rings (SSSR count). The molecule has 0 atom stereocenters. The molecule has 0 heterocycles. The number of rotatable bonds is 4. The molecular weight excluding hydrogens is 188 g/mol. The lowest BCUT2D eigenvalue weighted by Gasteiger charge is -2.32. The van der Waals surface area contributed by atoms with Gasteiger partial charge in [-0.15, -0.1) is 12.3 Å². The van der Waals surface area contributed by atoms with Gasteiger partial charge in [0.15, 0.2) is 0 Å². The maximum Gasteiger partial charge on any atom is 0.221 e. The van der Waals surface area contributed by atoms with Crippen LogP contribution in [0.15, 0.2) is 0 Å². The molecule has 3 N–H and O–H groups in total. The first-order chi connectivity index (χ1) is 7.16. The molecule has 0 bridgehead atoms. The van der Waals surface area contributed by atoms with E-state index < -0.39 is 0 Å². The number of amides is 1. The van der Waals surface area contributed by atoms with Crippen LogP contribution in [0.5, 0.6) is 0 Å². The number of nitrogens with one attached hydrogen (secondary N) is 1. The third-order valence-electron chi connectivity index (χ3n) is 2.95. The molecule has 1 saturated carbocycles. The highest BCUT2D eigenvalue weighted by Crippen LogP contribution is 2.28. The maximum atomic E-state index is 11.5. The van der Waals surface area contributed by atoms with Gasteiger partial charge < -0.3 is 11.1 Å². The molecule has 0 saturated heterocycles. The van der Waals surface area contributed by atoms with Crippen molar-refractivity contribution in [1.29, 1.82) is 0 Å². The highest BCUT2D eigenvalue weighted by atomic mass is 16.1. The molecule has 1 fully saturated rings. The largest absolute Gasteiger partial charge is 0.355 e. The van der Waals surface area contributed by atoms with E-state index in [2.05, 4.69) is 11.2 Å². The number of terminal acetylenes is 1. The Balaban J connectivity index is 2.26. The first-order valence-electron chi connectivity index (χ1n) is 5.65. The second-order valence-corrected chi connectivity index (χ2v) is 4.40. The predicted octanol–water partition coefficient (Wildman–Crippen LogP) is 1.18. The van der Waals surface area contributed by atoms with Gasteiger partial charge in [-0.25, -0.2) is 0 Å². The van der Waals surface area contributed by atoms with Crippen LogP contribution in [0.2, 0.25) is 0 Å². The van der Waals surface area contributed by atoms with Crippen molar-refractivity contribution in [1.82, 2.24) is 5.32 Å². The van der Waals surface area contributed by atoms with E-state index in [4.69, 9.17) is 12.2 Å². The molecule has 0 radical (unpaired) electrons.